The van der Waals surface area contributed by atoms with E-state index in [0.29, 0.717) is 15.4 Å². The quantitative estimate of drug-likeness (QED) is 0.812. The molecular weight excluding hydrogens is 237 g/mol. The van der Waals surface area contributed by atoms with Gasteiger partial charge in [-0.25, -0.2) is 0 Å². The molecule has 1 aromatic carbocycles. The van der Waals surface area contributed by atoms with E-state index in [1.54, 1.807) is 0 Å². The third kappa shape index (κ3) is 2.37. The molecule has 0 unspecified atom stereocenters. The van der Waals surface area contributed by atoms with Gasteiger partial charge in [0.2, 0.25) is 0 Å². The Balaban J connectivity index is 2.18. The van der Waals surface area contributed by atoms with Gasteiger partial charge in [0.15, 0.2) is 0 Å². The minimum atomic E-state index is 0.374. The Morgan fingerprint density at radius 2 is 2.14 bits per heavy atom. The first-order valence-electron chi connectivity index (χ1n) is 4.57. The molecule has 1 heterocycles. The Morgan fingerprint density at radius 3 is 2.79 bits per heavy atom. The van der Waals surface area contributed by atoms with Crippen LogP contribution >= 0.6 is 35.0 Å². The van der Waals surface area contributed by atoms with Crippen molar-refractivity contribution in [3.8, 4) is 0 Å². The molecule has 0 amide bonds. The highest BCUT2D eigenvalue weighted by molar-refractivity contribution is 7.99. The van der Waals surface area contributed by atoms with E-state index in [0.717, 1.165) is 6.54 Å². The highest BCUT2D eigenvalue weighted by atomic mass is 35.5. The molecule has 1 aliphatic rings. The molecule has 1 atom stereocenters. The maximum Gasteiger partial charge on any atom is 0.0789 e. The van der Waals surface area contributed by atoms with Gasteiger partial charge in [-0.05, 0) is 36.4 Å². The fourth-order valence-corrected chi connectivity index (χ4v) is 2.88. The van der Waals surface area contributed by atoms with Gasteiger partial charge in [-0.1, -0.05) is 29.3 Å². The van der Waals surface area contributed by atoms with Crippen LogP contribution in [0.5, 0.6) is 0 Å². The summed E-state index contributed by atoms with van der Waals surface area (Å²) in [7, 11) is 0. The number of hydrogen-bond donors (Lipinski definition) is 1. The lowest BCUT2D eigenvalue weighted by Gasteiger charge is -2.23. The molecule has 0 spiro atoms. The fourth-order valence-electron chi connectivity index (χ4n) is 1.45. The molecule has 0 bridgehead atoms. The number of thioether (sulfide) groups is 1. The summed E-state index contributed by atoms with van der Waals surface area (Å²) in [6, 6.07) is 5.83. The molecule has 1 nitrogen and oxygen atoms in total. The third-order valence-electron chi connectivity index (χ3n) is 2.18. The highest BCUT2D eigenvalue weighted by Crippen LogP contribution is 2.32. The second-order valence-electron chi connectivity index (χ2n) is 3.23. The summed E-state index contributed by atoms with van der Waals surface area (Å²) >= 11 is 13.7. The fraction of sp³-hybridized carbons (Fsp3) is 0.400. The summed E-state index contributed by atoms with van der Waals surface area (Å²) in [5.41, 5.74) is 1.21. The average Bonchev–Trinajstić information content (AvgIpc) is 2.23. The maximum absolute atomic E-state index is 5.96. The van der Waals surface area contributed by atoms with Crippen molar-refractivity contribution < 1.29 is 0 Å². The van der Waals surface area contributed by atoms with Crippen LogP contribution < -0.4 is 5.32 Å². The van der Waals surface area contributed by atoms with Crippen molar-refractivity contribution in [2.45, 2.75) is 11.8 Å². The minimum absolute atomic E-state index is 0.374. The van der Waals surface area contributed by atoms with Crippen LogP contribution in [0.2, 0.25) is 10.0 Å². The molecule has 14 heavy (non-hydrogen) atoms. The van der Waals surface area contributed by atoms with E-state index in [9.17, 15) is 0 Å². The van der Waals surface area contributed by atoms with Gasteiger partial charge in [0, 0.05) is 0 Å². The molecule has 0 radical (unpaired) electrons. The van der Waals surface area contributed by atoms with E-state index in [2.05, 4.69) is 5.32 Å². The topological polar surface area (TPSA) is 12.0 Å². The molecular formula is C10H11Cl2NS. The number of halogens is 2. The average molecular weight is 248 g/mol. The standard InChI is InChI=1S/C10H11Cl2NS/c11-8-3-2-7(6-9(8)12)10-13-4-1-5-14-10/h2-3,6,10,13H,1,4-5H2/t10-/m0/s1. The van der Waals surface area contributed by atoms with E-state index in [1.165, 1.54) is 17.7 Å². The Morgan fingerprint density at radius 1 is 1.29 bits per heavy atom. The lowest BCUT2D eigenvalue weighted by atomic mass is 10.2. The molecule has 76 valence electrons. The predicted molar refractivity (Wildman–Crippen MR) is 64.3 cm³/mol. The molecule has 0 aromatic heterocycles. The summed E-state index contributed by atoms with van der Waals surface area (Å²) < 4.78 is 0. The van der Waals surface area contributed by atoms with E-state index in [4.69, 9.17) is 23.2 Å². The van der Waals surface area contributed by atoms with Crippen LogP contribution in [-0.2, 0) is 0 Å². The molecule has 1 saturated heterocycles. The van der Waals surface area contributed by atoms with Crippen molar-refractivity contribution in [2.24, 2.45) is 0 Å². The predicted octanol–water partition coefficient (Wildman–Crippen LogP) is 3.72. The van der Waals surface area contributed by atoms with Crippen LogP contribution in [0.1, 0.15) is 17.4 Å². The van der Waals surface area contributed by atoms with E-state index >= 15 is 0 Å². The molecule has 4 heteroatoms. The monoisotopic (exact) mass is 247 g/mol. The van der Waals surface area contributed by atoms with Crippen molar-refractivity contribution in [1.29, 1.82) is 0 Å². The number of rotatable bonds is 1. The van der Waals surface area contributed by atoms with Gasteiger partial charge in [-0.3, -0.25) is 0 Å². The summed E-state index contributed by atoms with van der Waals surface area (Å²) in [6.45, 7) is 1.08. The smallest absolute Gasteiger partial charge is 0.0789 e. The Bertz CT molecular complexity index is 324. The largest absolute Gasteiger partial charge is 0.302 e. The zero-order valence-electron chi connectivity index (χ0n) is 7.59. The molecule has 0 aliphatic carbocycles. The molecule has 0 saturated carbocycles. The first kappa shape index (κ1) is 10.6. The first-order valence-corrected chi connectivity index (χ1v) is 6.38. The molecule has 1 fully saturated rings. The first-order chi connectivity index (χ1) is 6.77. The van der Waals surface area contributed by atoms with Crippen molar-refractivity contribution in [2.75, 3.05) is 12.3 Å². The number of hydrogen-bond acceptors (Lipinski definition) is 2. The van der Waals surface area contributed by atoms with Crippen LogP contribution in [0.3, 0.4) is 0 Å². The Labute approximate surface area is 98.2 Å². The van der Waals surface area contributed by atoms with Gasteiger partial charge in [0.05, 0.1) is 15.4 Å². The molecule has 1 aliphatic heterocycles. The third-order valence-corrected chi connectivity index (χ3v) is 4.22. The highest BCUT2D eigenvalue weighted by Gasteiger charge is 2.15. The summed E-state index contributed by atoms with van der Waals surface area (Å²) in [6.07, 6.45) is 1.24. The van der Waals surface area contributed by atoms with Crippen molar-refractivity contribution >= 4 is 35.0 Å². The lowest BCUT2D eigenvalue weighted by molar-refractivity contribution is 0.643. The van der Waals surface area contributed by atoms with Crippen molar-refractivity contribution in [1.82, 2.24) is 5.32 Å². The van der Waals surface area contributed by atoms with Gasteiger partial charge in [-0.2, -0.15) is 0 Å². The SMILES string of the molecule is Clc1ccc([C@H]2NCCCS2)cc1Cl. The zero-order chi connectivity index (χ0) is 9.97. The van der Waals surface area contributed by atoms with Crippen LogP contribution in [0.25, 0.3) is 0 Å². The van der Waals surface area contributed by atoms with Crippen LogP contribution in [0, 0.1) is 0 Å². The Hall–Kier alpha value is 0.110. The van der Waals surface area contributed by atoms with Crippen LogP contribution in [0.4, 0.5) is 0 Å². The number of benzene rings is 1. The minimum Gasteiger partial charge on any atom is -0.302 e. The van der Waals surface area contributed by atoms with Gasteiger partial charge in [-0.15, -0.1) is 11.8 Å². The molecule has 1 N–H and O–H groups in total. The molecule has 2 rings (SSSR count). The van der Waals surface area contributed by atoms with Gasteiger partial charge in [0.25, 0.3) is 0 Å². The van der Waals surface area contributed by atoms with E-state index in [1.807, 2.05) is 30.0 Å². The Kier molecular flexibility index (Phi) is 3.61. The summed E-state index contributed by atoms with van der Waals surface area (Å²) in [5.74, 6) is 1.21. The second-order valence-corrected chi connectivity index (χ2v) is 5.26. The van der Waals surface area contributed by atoms with Crippen LogP contribution in [0.15, 0.2) is 18.2 Å². The normalized spacial score (nSPS) is 22.3. The molecule has 1 aromatic rings. The summed E-state index contributed by atoms with van der Waals surface area (Å²) in [4.78, 5) is 0. The van der Waals surface area contributed by atoms with Gasteiger partial charge < -0.3 is 5.32 Å². The van der Waals surface area contributed by atoms with Crippen molar-refractivity contribution in [3.05, 3.63) is 33.8 Å². The summed E-state index contributed by atoms with van der Waals surface area (Å²) in [5, 5.41) is 5.07. The lowest BCUT2D eigenvalue weighted by Crippen LogP contribution is -2.25. The number of nitrogens with one attached hydrogen (secondary N) is 1. The van der Waals surface area contributed by atoms with E-state index in [-0.39, 0.29) is 0 Å². The van der Waals surface area contributed by atoms with Gasteiger partial charge >= 0.3 is 0 Å². The second kappa shape index (κ2) is 4.75. The van der Waals surface area contributed by atoms with Crippen molar-refractivity contribution in [3.63, 3.8) is 0 Å². The van der Waals surface area contributed by atoms with E-state index < -0.39 is 0 Å². The van der Waals surface area contributed by atoms with Gasteiger partial charge in [0.1, 0.15) is 0 Å². The zero-order valence-corrected chi connectivity index (χ0v) is 9.92. The van der Waals surface area contributed by atoms with Crippen LogP contribution in [-0.4, -0.2) is 12.3 Å². The maximum atomic E-state index is 5.96.